The minimum absolute atomic E-state index is 0.00717. The van der Waals surface area contributed by atoms with E-state index >= 15 is 0 Å². The van der Waals surface area contributed by atoms with Crippen LogP contribution in [0.3, 0.4) is 0 Å². The molecule has 0 aliphatic heterocycles. The van der Waals surface area contributed by atoms with Crippen LogP contribution in [0, 0.1) is 0 Å². The van der Waals surface area contributed by atoms with E-state index in [0.29, 0.717) is 13.0 Å². The smallest absolute Gasteiger partial charge is 0.336 e. The van der Waals surface area contributed by atoms with Crippen LogP contribution < -0.4 is 16.1 Å². The first-order chi connectivity index (χ1) is 9.22. The molecule has 1 rings (SSSR count). The maximum Gasteiger partial charge on any atom is 0.338 e. The van der Waals surface area contributed by atoms with Crippen LogP contribution >= 0.6 is 0 Å². The lowest BCUT2D eigenvalue weighted by molar-refractivity contribution is -0.116. The number of rotatable bonds is 7. The summed E-state index contributed by atoms with van der Waals surface area (Å²) in [5.41, 5.74) is 2.29. The zero-order valence-corrected chi connectivity index (χ0v) is 10.7. The zero-order chi connectivity index (χ0) is 13.9. The van der Waals surface area contributed by atoms with Gasteiger partial charge in [-0.15, -0.1) is 0 Å². The predicted octanol–water partition coefficient (Wildman–Crippen LogP) is 1.87. The SMILES string of the molecule is O=C(CCCCCNC(=O)NO)Nc1ccccc1. The number of urea groups is 1. The van der Waals surface area contributed by atoms with Crippen molar-refractivity contribution in [3.8, 4) is 0 Å². The number of unbranched alkanes of at least 4 members (excludes halogenated alkanes) is 2. The van der Waals surface area contributed by atoms with Gasteiger partial charge in [0.15, 0.2) is 0 Å². The number of benzene rings is 1. The van der Waals surface area contributed by atoms with E-state index in [1.165, 1.54) is 5.48 Å². The molecule has 19 heavy (non-hydrogen) atoms. The normalized spacial score (nSPS) is 9.74. The molecule has 0 aliphatic rings. The fraction of sp³-hybridized carbons (Fsp3) is 0.385. The van der Waals surface area contributed by atoms with E-state index < -0.39 is 6.03 Å². The molecule has 4 N–H and O–H groups in total. The third kappa shape index (κ3) is 7.05. The molecule has 6 nitrogen and oxygen atoms in total. The van der Waals surface area contributed by atoms with E-state index in [2.05, 4.69) is 10.6 Å². The van der Waals surface area contributed by atoms with Gasteiger partial charge in [-0.1, -0.05) is 24.6 Å². The molecule has 0 radical (unpaired) electrons. The molecule has 0 fully saturated rings. The van der Waals surface area contributed by atoms with Crippen LogP contribution in [0.15, 0.2) is 30.3 Å². The Labute approximate surface area is 112 Å². The molecule has 1 aromatic carbocycles. The summed E-state index contributed by atoms with van der Waals surface area (Å²) >= 11 is 0. The molecule has 0 aromatic heterocycles. The van der Waals surface area contributed by atoms with E-state index in [0.717, 1.165) is 24.9 Å². The van der Waals surface area contributed by atoms with Crippen molar-refractivity contribution >= 4 is 17.6 Å². The number of nitrogens with one attached hydrogen (secondary N) is 3. The average molecular weight is 265 g/mol. The topological polar surface area (TPSA) is 90.5 Å². The summed E-state index contributed by atoms with van der Waals surface area (Å²) in [5, 5.41) is 13.5. The largest absolute Gasteiger partial charge is 0.338 e. The van der Waals surface area contributed by atoms with Gasteiger partial charge in [-0.05, 0) is 25.0 Å². The van der Waals surface area contributed by atoms with Gasteiger partial charge in [-0.2, -0.15) is 0 Å². The fourth-order valence-corrected chi connectivity index (χ4v) is 1.57. The molecule has 0 saturated carbocycles. The Kier molecular flexibility index (Phi) is 7.04. The Morgan fingerprint density at radius 3 is 2.47 bits per heavy atom. The van der Waals surface area contributed by atoms with E-state index in [1.807, 2.05) is 30.3 Å². The number of anilines is 1. The van der Waals surface area contributed by atoms with Gasteiger partial charge in [0.25, 0.3) is 0 Å². The summed E-state index contributed by atoms with van der Waals surface area (Å²) in [7, 11) is 0. The van der Waals surface area contributed by atoms with Gasteiger partial charge in [-0.25, -0.2) is 10.3 Å². The van der Waals surface area contributed by atoms with Crippen molar-refractivity contribution < 1.29 is 14.8 Å². The first kappa shape index (κ1) is 15.0. The molecule has 0 bridgehead atoms. The van der Waals surface area contributed by atoms with Crippen LogP contribution in [0.5, 0.6) is 0 Å². The predicted molar refractivity (Wildman–Crippen MR) is 71.9 cm³/mol. The molecular weight excluding hydrogens is 246 g/mol. The van der Waals surface area contributed by atoms with E-state index in [1.54, 1.807) is 0 Å². The molecular formula is C13H19N3O3. The minimum Gasteiger partial charge on any atom is -0.336 e. The summed E-state index contributed by atoms with van der Waals surface area (Å²) < 4.78 is 0. The van der Waals surface area contributed by atoms with Crippen LogP contribution in [-0.4, -0.2) is 23.7 Å². The second-order valence-corrected chi connectivity index (χ2v) is 4.09. The second-order valence-electron chi connectivity index (χ2n) is 4.09. The van der Waals surface area contributed by atoms with Crippen molar-refractivity contribution in [3.05, 3.63) is 30.3 Å². The number of amides is 3. The third-order valence-corrected chi connectivity index (χ3v) is 2.53. The highest BCUT2D eigenvalue weighted by Gasteiger charge is 2.02. The van der Waals surface area contributed by atoms with Crippen molar-refractivity contribution in [3.63, 3.8) is 0 Å². The van der Waals surface area contributed by atoms with E-state index in [4.69, 9.17) is 5.21 Å². The zero-order valence-electron chi connectivity index (χ0n) is 10.7. The maximum absolute atomic E-state index is 11.6. The van der Waals surface area contributed by atoms with Crippen molar-refractivity contribution in [2.45, 2.75) is 25.7 Å². The lowest BCUT2D eigenvalue weighted by Gasteiger charge is -2.05. The van der Waals surface area contributed by atoms with Crippen molar-refractivity contribution in [2.75, 3.05) is 11.9 Å². The van der Waals surface area contributed by atoms with Gasteiger partial charge >= 0.3 is 6.03 Å². The molecule has 6 heteroatoms. The molecule has 0 heterocycles. The monoisotopic (exact) mass is 265 g/mol. The van der Waals surface area contributed by atoms with Gasteiger partial charge in [0.2, 0.25) is 5.91 Å². The number of hydrogen-bond donors (Lipinski definition) is 4. The number of hydroxylamine groups is 1. The summed E-state index contributed by atoms with van der Waals surface area (Å²) in [6.45, 7) is 0.479. The van der Waals surface area contributed by atoms with Crippen LogP contribution in [0.1, 0.15) is 25.7 Å². The molecule has 0 spiro atoms. The lowest BCUT2D eigenvalue weighted by Crippen LogP contribution is -2.33. The summed E-state index contributed by atoms with van der Waals surface area (Å²) in [6.07, 6.45) is 2.84. The highest BCUT2D eigenvalue weighted by Crippen LogP contribution is 2.07. The minimum atomic E-state index is -0.609. The Morgan fingerprint density at radius 2 is 1.79 bits per heavy atom. The number of carbonyl (C=O) groups excluding carboxylic acids is 2. The molecule has 3 amide bonds. The number of hydrogen-bond acceptors (Lipinski definition) is 3. The van der Waals surface area contributed by atoms with Gasteiger partial charge in [0, 0.05) is 18.7 Å². The summed E-state index contributed by atoms with van der Waals surface area (Å²) in [6, 6.07) is 8.71. The Balaban J connectivity index is 2.03. The highest BCUT2D eigenvalue weighted by molar-refractivity contribution is 5.90. The summed E-state index contributed by atoms with van der Waals surface area (Å²) in [5.74, 6) is -0.00717. The highest BCUT2D eigenvalue weighted by atomic mass is 16.5. The lowest BCUT2D eigenvalue weighted by atomic mass is 10.2. The van der Waals surface area contributed by atoms with Crippen LogP contribution in [-0.2, 0) is 4.79 Å². The Morgan fingerprint density at radius 1 is 1.05 bits per heavy atom. The Hall–Kier alpha value is -2.08. The Bertz CT molecular complexity index is 395. The van der Waals surface area contributed by atoms with Crippen LogP contribution in [0.25, 0.3) is 0 Å². The average Bonchev–Trinajstić information content (AvgIpc) is 2.43. The first-order valence-corrected chi connectivity index (χ1v) is 6.25. The molecule has 0 atom stereocenters. The van der Waals surface area contributed by atoms with Crippen molar-refractivity contribution in [1.82, 2.24) is 10.8 Å². The molecule has 0 unspecified atom stereocenters. The van der Waals surface area contributed by atoms with E-state index in [9.17, 15) is 9.59 Å². The number of para-hydroxylation sites is 1. The van der Waals surface area contributed by atoms with Gasteiger partial charge in [0.05, 0.1) is 0 Å². The molecule has 0 aliphatic carbocycles. The van der Waals surface area contributed by atoms with Crippen LogP contribution in [0.2, 0.25) is 0 Å². The van der Waals surface area contributed by atoms with Crippen LogP contribution in [0.4, 0.5) is 10.5 Å². The first-order valence-electron chi connectivity index (χ1n) is 6.25. The fourth-order valence-electron chi connectivity index (χ4n) is 1.57. The maximum atomic E-state index is 11.6. The molecule has 104 valence electrons. The number of carbonyl (C=O) groups is 2. The van der Waals surface area contributed by atoms with Gasteiger partial charge < -0.3 is 10.6 Å². The standard InChI is InChI=1S/C13H19N3O3/c17-12(15-11-7-3-1-4-8-11)9-5-2-6-10-14-13(18)16-19/h1,3-4,7-8,19H,2,5-6,9-10H2,(H,15,17)(H2,14,16,18). The van der Waals surface area contributed by atoms with Crippen molar-refractivity contribution in [1.29, 1.82) is 0 Å². The molecule has 1 aromatic rings. The summed E-state index contributed by atoms with van der Waals surface area (Å²) in [4.78, 5) is 22.2. The quantitative estimate of drug-likeness (QED) is 0.344. The van der Waals surface area contributed by atoms with Crippen molar-refractivity contribution in [2.24, 2.45) is 0 Å². The molecule has 0 saturated heterocycles. The second kappa shape index (κ2) is 8.93. The van der Waals surface area contributed by atoms with Gasteiger partial charge in [-0.3, -0.25) is 10.0 Å². The van der Waals surface area contributed by atoms with Gasteiger partial charge in [0.1, 0.15) is 0 Å². The van der Waals surface area contributed by atoms with E-state index in [-0.39, 0.29) is 5.91 Å². The third-order valence-electron chi connectivity index (χ3n) is 2.53.